The molecule has 4 saturated carbocycles. The highest BCUT2D eigenvalue weighted by molar-refractivity contribution is 7.21. The van der Waals surface area contributed by atoms with Crippen LogP contribution in [-0.4, -0.2) is 11.4 Å². The van der Waals surface area contributed by atoms with Gasteiger partial charge in [0.2, 0.25) is 0 Å². The highest BCUT2D eigenvalue weighted by Crippen LogP contribution is 2.66. The monoisotopic (exact) mass is 373 g/mol. The van der Waals surface area contributed by atoms with Gasteiger partial charge >= 0.3 is 0 Å². The standard InChI is InChI=1S/C21H24ClNOS/c1-19-7-13-8-20(2,10-19)12-21(9-13,11-19)23-18(24)17-16(22)14-5-3-4-6-15(14)25-17/h3-6,13H,7-12H2,1-2H3,(H,23,24)/t13?,19-,20-,21?/m1/s1. The number of halogens is 1. The average Bonchev–Trinajstić information content (AvgIpc) is 2.81. The third-order valence-corrected chi connectivity index (χ3v) is 8.42. The number of hydrogen-bond donors (Lipinski definition) is 1. The van der Waals surface area contributed by atoms with Gasteiger partial charge in [-0.05, 0) is 61.3 Å². The highest BCUT2D eigenvalue weighted by atomic mass is 35.5. The third-order valence-electron chi connectivity index (χ3n) is 6.75. The van der Waals surface area contributed by atoms with Crippen molar-refractivity contribution in [3.63, 3.8) is 0 Å². The lowest BCUT2D eigenvalue weighted by molar-refractivity contribution is -0.114. The Morgan fingerprint density at radius 3 is 2.44 bits per heavy atom. The summed E-state index contributed by atoms with van der Waals surface area (Å²) in [6, 6.07) is 8.01. The van der Waals surface area contributed by atoms with Crippen molar-refractivity contribution in [2.45, 2.75) is 57.9 Å². The molecule has 4 aliphatic carbocycles. The van der Waals surface area contributed by atoms with Crippen LogP contribution in [0.3, 0.4) is 0 Å². The molecule has 132 valence electrons. The van der Waals surface area contributed by atoms with E-state index in [4.69, 9.17) is 11.6 Å². The van der Waals surface area contributed by atoms with Crippen molar-refractivity contribution in [1.82, 2.24) is 5.32 Å². The zero-order valence-electron chi connectivity index (χ0n) is 14.8. The Balaban J connectivity index is 1.48. The first-order valence-corrected chi connectivity index (χ1v) is 10.5. The summed E-state index contributed by atoms with van der Waals surface area (Å²) in [6.45, 7) is 4.87. The molecular weight excluding hydrogens is 350 g/mol. The predicted molar refractivity (Wildman–Crippen MR) is 104 cm³/mol. The van der Waals surface area contributed by atoms with Crippen molar-refractivity contribution in [3.05, 3.63) is 34.2 Å². The smallest absolute Gasteiger partial charge is 0.263 e. The molecule has 2 aromatic rings. The zero-order chi connectivity index (χ0) is 17.4. The molecule has 2 nitrogen and oxygen atoms in total. The molecule has 4 fully saturated rings. The van der Waals surface area contributed by atoms with Gasteiger partial charge in [-0.25, -0.2) is 0 Å². The Morgan fingerprint density at radius 1 is 1.12 bits per heavy atom. The van der Waals surface area contributed by atoms with E-state index in [-0.39, 0.29) is 11.4 Å². The number of thiophene rings is 1. The van der Waals surface area contributed by atoms with Crippen LogP contribution in [0.5, 0.6) is 0 Å². The van der Waals surface area contributed by atoms with Crippen molar-refractivity contribution < 1.29 is 4.79 Å². The maximum atomic E-state index is 13.1. The molecule has 0 saturated heterocycles. The summed E-state index contributed by atoms with van der Waals surface area (Å²) in [5, 5.41) is 5.08. The summed E-state index contributed by atoms with van der Waals surface area (Å²) in [5.74, 6) is 0.796. The summed E-state index contributed by atoms with van der Waals surface area (Å²) in [7, 11) is 0. The van der Waals surface area contributed by atoms with Gasteiger partial charge in [0, 0.05) is 15.6 Å². The van der Waals surface area contributed by atoms with E-state index in [9.17, 15) is 4.79 Å². The van der Waals surface area contributed by atoms with E-state index < -0.39 is 0 Å². The predicted octanol–water partition coefficient (Wildman–Crippen LogP) is 6.03. The van der Waals surface area contributed by atoms with E-state index in [0.29, 0.717) is 20.7 Å². The Hall–Kier alpha value is -1.06. The minimum absolute atomic E-state index is 0.0281. The Labute approximate surface area is 157 Å². The number of fused-ring (bicyclic) bond motifs is 1. The lowest BCUT2D eigenvalue weighted by Crippen LogP contribution is -2.65. The number of carbonyl (C=O) groups excluding carboxylic acids is 1. The molecule has 1 amide bonds. The Kier molecular flexibility index (Phi) is 3.24. The maximum Gasteiger partial charge on any atom is 0.263 e. The lowest BCUT2D eigenvalue weighted by atomic mass is 9.43. The van der Waals surface area contributed by atoms with Gasteiger partial charge in [-0.2, -0.15) is 0 Å². The van der Waals surface area contributed by atoms with Gasteiger partial charge in [0.15, 0.2) is 0 Å². The van der Waals surface area contributed by atoms with Crippen LogP contribution < -0.4 is 5.32 Å². The van der Waals surface area contributed by atoms with Crippen molar-refractivity contribution >= 4 is 38.9 Å². The average molecular weight is 374 g/mol. The molecule has 1 aromatic carbocycles. The minimum Gasteiger partial charge on any atom is -0.346 e. The van der Waals surface area contributed by atoms with Gasteiger partial charge in [0.1, 0.15) is 4.88 Å². The fourth-order valence-corrected chi connectivity index (χ4v) is 8.46. The molecule has 1 aromatic heterocycles. The summed E-state index contributed by atoms with van der Waals surface area (Å²) in [6.07, 6.45) is 7.39. The zero-order valence-corrected chi connectivity index (χ0v) is 16.4. The molecule has 4 heteroatoms. The molecule has 1 N–H and O–H groups in total. The topological polar surface area (TPSA) is 29.1 Å². The molecule has 4 aliphatic rings. The summed E-state index contributed by atoms with van der Waals surface area (Å²) in [5.41, 5.74) is 0.760. The fourth-order valence-electron chi connectivity index (χ4n) is 7.04. The highest BCUT2D eigenvalue weighted by Gasteiger charge is 2.60. The molecular formula is C21H24ClNOS. The molecule has 4 bridgehead atoms. The van der Waals surface area contributed by atoms with Crippen LogP contribution in [-0.2, 0) is 0 Å². The van der Waals surface area contributed by atoms with Gasteiger partial charge in [0.05, 0.1) is 5.02 Å². The van der Waals surface area contributed by atoms with E-state index in [0.717, 1.165) is 35.3 Å². The van der Waals surface area contributed by atoms with Gasteiger partial charge in [0.25, 0.3) is 5.91 Å². The van der Waals surface area contributed by atoms with E-state index in [2.05, 4.69) is 19.2 Å². The fraction of sp³-hybridized carbons (Fsp3) is 0.571. The van der Waals surface area contributed by atoms with Crippen LogP contribution in [0.4, 0.5) is 0 Å². The van der Waals surface area contributed by atoms with Gasteiger partial charge in [-0.1, -0.05) is 43.6 Å². The molecule has 25 heavy (non-hydrogen) atoms. The van der Waals surface area contributed by atoms with Crippen LogP contribution in [0.1, 0.15) is 62.0 Å². The Bertz CT molecular complexity index is 869. The van der Waals surface area contributed by atoms with Crippen molar-refractivity contribution in [2.75, 3.05) is 0 Å². The van der Waals surface area contributed by atoms with Crippen LogP contribution in [0, 0.1) is 16.7 Å². The van der Waals surface area contributed by atoms with Crippen LogP contribution in [0.25, 0.3) is 10.1 Å². The van der Waals surface area contributed by atoms with Crippen LogP contribution >= 0.6 is 22.9 Å². The van der Waals surface area contributed by atoms with Gasteiger partial charge in [-0.15, -0.1) is 11.3 Å². The lowest BCUT2D eigenvalue weighted by Gasteiger charge is -2.65. The molecule has 1 heterocycles. The molecule has 2 atom stereocenters. The molecule has 0 spiro atoms. The summed E-state index contributed by atoms with van der Waals surface area (Å²) in [4.78, 5) is 13.8. The van der Waals surface area contributed by atoms with Gasteiger partial charge in [-0.3, -0.25) is 4.79 Å². The number of hydrogen-bond acceptors (Lipinski definition) is 2. The first-order valence-electron chi connectivity index (χ1n) is 9.29. The SMILES string of the molecule is C[C@]12CC3CC(NC(=O)c4sc5ccccc5c4Cl)(C1)C[C@](C)(C3)C2. The third kappa shape index (κ3) is 2.46. The second-order valence-corrected chi connectivity index (χ2v) is 11.0. The number of nitrogens with one attached hydrogen (secondary N) is 1. The van der Waals surface area contributed by atoms with Crippen LogP contribution in [0.2, 0.25) is 5.02 Å². The second-order valence-electron chi connectivity index (χ2n) is 9.61. The number of carbonyl (C=O) groups is 1. The van der Waals surface area contributed by atoms with Crippen molar-refractivity contribution in [3.8, 4) is 0 Å². The number of benzene rings is 1. The minimum atomic E-state index is -0.0283. The summed E-state index contributed by atoms with van der Waals surface area (Å²) < 4.78 is 1.09. The van der Waals surface area contributed by atoms with Crippen molar-refractivity contribution in [2.24, 2.45) is 16.7 Å². The molecule has 0 radical (unpaired) electrons. The molecule has 0 unspecified atom stereocenters. The van der Waals surface area contributed by atoms with E-state index in [1.165, 1.54) is 30.6 Å². The normalized spacial score (nSPS) is 39.1. The second kappa shape index (κ2) is 5.01. The van der Waals surface area contributed by atoms with Crippen molar-refractivity contribution in [1.29, 1.82) is 0 Å². The number of amides is 1. The Morgan fingerprint density at radius 2 is 1.80 bits per heavy atom. The van der Waals surface area contributed by atoms with Crippen LogP contribution in [0.15, 0.2) is 24.3 Å². The van der Waals surface area contributed by atoms with E-state index in [1.54, 1.807) is 0 Å². The first kappa shape index (κ1) is 16.1. The maximum absolute atomic E-state index is 13.1. The van der Waals surface area contributed by atoms with Gasteiger partial charge < -0.3 is 5.32 Å². The molecule has 6 rings (SSSR count). The first-order chi connectivity index (χ1) is 11.8. The quantitative estimate of drug-likeness (QED) is 0.683. The van der Waals surface area contributed by atoms with E-state index >= 15 is 0 Å². The van der Waals surface area contributed by atoms with E-state index in [1.807, 2.05) is 24.3 Å². The largest absolute Gasteiger partial charge is 0.346 e. The number of rotatable bonds is 2. The summed E-state index contributed by atoms with van der Waals surface area (Å²) >= 11 is 8.06. The molecule has 0 aliphatic heterocycles.